The molecule has 0 aliphatic heterocycles. The van der Waals surface area contributed by atoms with Gasteiger partial charge in [0.15, 0.2) is 15.7 Å². The van der Waals surface area contributed by atoms with E-state index in [1.807, 2.05) is 0 Å². The van der Waals surface area contributed by atoms with Gasteiger partial charge in [0, 0.05) is 6.26 Å². The molecule has 1 aromatic heterocycles. The molecule has 31 heavy (non-hydrogen) atoms. The molecule has 2 N–H and O–H groups in total. The summed E-state index contributed by atoms with van der Waals surface area (Å²) in [5.41, 5.74) is 1.37. The number of carbonyl (C=O) groups excluding carboxylic acids is 1. The van der Waals surface area contributed by atoms with Crippen molar-refractivity contribution in [2.24, 2.45) is 11.1 Å². The van der Waals surface area contributed by atoms with E-state index in [-0.39, 0.29) is 32.7 Å². The Bertz CT molecular complexity index is 1080. The van der Waals surface area contributed by atoms with Crippen LogP contribution in [0.2, 0.25) is 10.2 Å². The monoisotopic (exact) mass is 484 g/mol. The average Bonchev–Trinajstić information content (AvgIpc) is 2.73. The second kappa shape index (κ2) is 9.93. The molecule has 1 aliphatic rings. The number of carbonyl (C=O) groups is 1. The zero-order chi connectivity index (χ0) is 22.6. The molecule has 1 heterocycles. The molecule has 1 aliphatic carbocycles. The predicted octanol–water partition coefficient (Wildman–Crippen LogP) is 4.32. The van der Waals surface area contributed by atoms with E-state index in [9.17, 15) is 13.2 Å². The smallest absolute Gasteiger partial charge is 0.233 e. The molecule has 3 rings (SSSR count). The standard InChI is InChI=1S/C20H22Cl2N4O4S/c1-31(29,30)17-7-4-13(9-16(17)21)15(8-12-2-5-14(26-28)6-3-12)20(27)25-19-11-23-18(22)10-24-19/h4,7,9-12,15,28H,2-3,5-6,8H2,1H3,(H,24,25,27)/t12?,15-/m1/s1. The molecule has 1 aromatic carbocycles. The second-order valence-corrected chi connectivity index (χ2v) is 10.4. The summed E-state index contributed by atoms with van der Waals surface area (Å²) in [6, 6.07) is 4.56. The molecule has 0 bridgehead atoms. The lowest BCUT2D eigenvalue weighted by atomic mass is 9.79. The van der Waals surface area contributed by atoms with E-state index in [1.54, 1.807) is 6.07 Å². The van der Waals surface area contributed by atoms with Gasteiger partial charge in [0.05, 0.1) is 33.9 Å². The molecule has 0 radical (unpaired) electrons. The number of nitrogens with one attached hydrogen (secondary N) is 1. The van der Waals surface area contributed by atoms with Gasteiger partial charge in [-0.2, -0.15) is 0 Å². The first kappa shape index (κ1) is 23.4. The Morgan fingerprint density at radius 1 is 1.26 bits per heavy atom. The summed E-state index contributed by atoms with van der Waals surface area (Å²) in [4.78, 5) is 21.1. The average molecular weight is 485 g/mol. The first-order valence-corrected chi connectivity index (χ1v) is 12.3. The molecule has 0 unspecified atom stereocenters. The quantitative estimate of drug-likeness (QED) is 0.464. The first-order chi connectivity index (χ1) is 14.7. The van der Waals surface area contributed by atoms with Crippen molar-refractivity contribution in [3.8, 4) is 0 Å². The lowest BCUT2D eigenvalue weighted by Gasteiger charge is -2.27. The number of benzene rings is 1. The van der Waals surface area contributed by atoms with Crippen LogP contribution in [0.25, 0.3) is 0 Å². The molecule has 1 saturated carbocycles. The number of amides is 1. The third-order valence-electron chi connectivity index (χ3n) is 5.34. The highest BCUT2D eigenvalue weighted by Crippen LogP contribution is 2.35. The van der Waals surface area contributed by atoms with Gasteiger partial charge in [-0.3, -0.25) is 4.79 Å². The van der Waals surface area contributed by atoms with Crippen molar-refractivity contribution in [3.05, 3.63) is 46.3 Å². The number of oxime groups is 1. The Morgan fingerprint density at radius 3 is 2.52 bits per heavy atom. The third kappa shape index (κ3) is 6.15. The van der Waals surface area contributed by atoms with Crippen LogP contribution in [0.3, 0.4) is 0 Å². The van der Waals surface area contributed by atoms with Gasteiger partial charge in [-0.15, -0.1) is 0 Å². The summed E-state index contributed by atoms with van der Waals surface area (Å²) < 4.78 is 23.8. The fourth-order valence-electron chi connectivity index (χ4n) is 3.70. The zero-order valence-corrected chi connectivity index (χ0v) is 19.1. The molecule has 8 nitrogen and oxygen atoms in total. The highest BCUT2D eigenvalue weighted by atomic mass is 35.5. The molecular weight excluding hydrogens is 463 g/mol. The van der Waals surface area contributed by atoms with Crippen LogP contribution in [-0.2, 0) is 14.6 Å². The van der Waals surface area contributed by atoms with Crippen LogP contribution < -0.4 is 5.32 Å². The Kier molecular flexibility index (Phi) is 7.51. The van der Waals surface area contributed by atoms with Crippen molar-refractivity contribution in [3.63, 3.8) is 0 Å². The number of hydrogen-bond acceptors (Lipinski definition) is 7. The number of rotatable bonds is 6. The molecule has 0 spiro atoms. The summed E-state index contributed by atoms with van der Waals surface area (Å²) in [6.45, 7) is 0. The van der Waals surface area contributed by atoms with Crippen LogP contribution in [0, 0.1) is 5.92 Å². The SMILES string of the molecule is CS(=O)(=O)c1ccc([C@@H](CC2CCC(=NO)CC2)C(=O)Nc2cnc(Cl)cn2)cc1Cl. The van der Waals surface area contributed by atoms with E-state index in [0.717, 1.165) is 24.8 Å². The molecule has 1 atom stereocenters. The predicted molar refractivity (Wildman–Crippen MR) is 119 cm³/mol. The number of nitrogens with zero attached hydrogens (tertiary/aromatic N) is 3. The van der Waals surface area contributed by atoms with E-state index in [1.165, 1.54) is 24.5 Å². The minimum Gasteiger partial charge on any atom is -0.411 e. The van der Waals surface area contributed by atoms with Gasteiger partial charge in [0.2, 0.25) is 5.91 Å². The van der Waals surface area contributed by atoms with Gasteiger partial charge in [0.1, 0.15) is 5.15 Å². The van der Waals surface area contributed by atoms with Crippen molar-refractivity contribution < 1.29 is 18.4 Å². The molecule has 11 heteroatoms. The summed E-state index contributed by atoms with van der Waals surface area (Å²) in [5.74, 6) is -0.398. The van der Waals surface area contributed by atoms with E-state index in [0.29, 0.717) is 24.8 Å². The van der Waals surface area contributed by atoms with Crippen molar-refractivity contribution >= 4 is 50.5 Å². The minimum atomic E-state index is -3.49. The summed E-state index contributed by atoms with van der Waals surface area (Å²) >= 11 is 12.0. The lowest BCUT2D eigenvalue weighted by Crippen LogP contribution is -2.26. The lowest BCUT2D eigenvalue weighted by molar-refractivity contribution is -0.118. The van der Waals surface area contributed by atoms with E-state index >= 15 is 0 Å². The molecule has 166 valence electrons. The number of hydrogen-bond donors (Lipinski definition) is 2. The maximum absolute atomic E-state index is 13.1. The van der Waals surface area contributed by atoms with Crippen molar-refractivity contribution in [1.82, 2.24) is 9.97 Å². The fraction of sp³-hybridized carbons (Fsp3) is 0.400. The number of aromatic nitrogens is 2. The van der Waals surface area contributed by atoms with E-state index < -0.39 is 15.8 Å². The van der Waals surface area contributed by atoms with E-state index in [2.05, 4.69) is 20.4 Å². The normalized spacial score (nSPS) is 17.8. The number of anilines is 1. The topological polar surface area (TPSA) is 122 Å². The summed E-state index contributed by atoms with van der Waals surface area (Å²) in [6.07, 6.45) is 7.23. The number of sulfone groups is 1. The summed E-state index contributed by atoms with van der Waals surface area (Å²) in [5, 5.41) is 15.3. The molecular formula is C20H22Cl2N4O4S. The van der Waals surface area contributed by atoms with Crippen LogP contribution >= 0.6 is 23.2 Å². The van der Waals surface area contributed by atoms with Crippen molar-refractivity contribution in [2.75, 3.05) is 11.6 Å². The largest absolute Gasteiger partial charge is 0.411 e. The Balaban J connectivity index is 1.87. The van der Waals surface area contributed by atoms with Crippen LogP contribution in [-0.4, -0.2) is 41.5 Å². The van der Waals surface area contributed by atoms with Gasteiger partial charge >= 0.3 is 0 Å². The first-order valence-electron chi connectivity index (χ1n) is 9.65. The van der Waals surface area contributed by atoms with Gasteiger partial charge < -0.3 is 10.5 Å². The van der Waals surface area contributed by atoms with Crippen LogP contribution in [0.4, 0.5) is 5.82 Å². The highest BCUT2D eigenvalue weighted by molar-refractivity contribution is 7.90. The Labute approximate surface area is 190 Å². The molecule has 2 aromatic rings. The zero-order valence-electron chi connectivity index (χ0n) is 16.8. The fourth-order valence-corrected chi connectivity index (χ4v) is 5.13. The van der Waals surface area contributed by atoms with Gasteiger partial charge in [-0.1, -0.05) is 34.4 Å². The second-order valence-electron chi connectivity index (χ2n) is 7.57. The van der Waals surface area contributed by atoms with Crippen LogP contribution in [0.1, 0.15) is 43.6 Å². The van der Waals surface area contributed by atoms with Gasteiger partial charge in [0.25, 0.3) is 0 Å². The van der Waals surface area contributed by atoms with Crippen LogP contribution in [0.5, 0.6) is 0 Å². The molecule has 1 fully saturated rings. The molecule has 1 amide bonds. The highest BCUT2D eigenvalue weighted by Gasteiger charge is 2.28. The van der Waals surface area contributed by atoms with Crippen molar-refractivity contribution in [1.29, 1.82) is 0 Å². The van der Waals surface area contributed by atoms with Gasteiger partial charge in [-0.25, -0.2) is 18.4 Å². The van der Waals surface area contributed by atoms with Gasteiger partial charge in [-0.05, 0) is 55.7 Å². The Hall–Kier alpha value is -2.23. The minimum absolute atomic E-state index is 0.0158. The molecule has 0 saturated heterocycles. The maximum Gasteiger partial charge on any atom is 0.233 e. The third-order valence-corrected chi connectivity index (χ3v) is 7.11. The Morgan fingerprint density at radius 2 is 1.97 bits per heavy atom. The van der Waals surface area contributed by atoms with Crippen molar-refractivity contribution in [2.45, 2.75) is 42.9 Å². The summed E-state index contributed by atoms with van der Waals surface area (Å²) in [7, 11) is -3.49. The van der Waals surface area contributed by atoms with E-state index in [4.69, 9.17) is 28.4 Å². The maximum atomic E-state index is 13.1. The van der Waals surface area contributed by atoms with Crippen LogP contribution in [0.15, 0.2) is 40.6 Å². The number of halogens is 2.